The van der Waals surface area contributed by atoms with E-state index in [9.17, 15) is 0 Å². The van der Waals surface area contributed by atoms with Crippen molar-refractivity contribution in [3.05, 3.63) is 36.0 Å². The SMILES string of the molecule is CC(C)c1ccc2oc3cnc(N(C)C)cc3c2c1. The number of aromatic nitrogens is 1. The largest absolute Gasteiger partial charge is 0.454 e. The van der Waals surface area contributed by atoms with Crippen molar-refractivity contribution in [3.8, 4) is 0 Å². The van der Waals surface area contributed by atoms with Gasteiger partial charge in [-0.3, -0.25) is 0 Å². The van der Waals surface area contributed by atoms with Gasteiger partial charge in [0.2, 0.25) is 0 Å². The fourth-order valence-corrected chi connectivity index (χ4v) is 2.29. The highest BCUT2D eigenvalue weighted by Gasteiger charge is 2.10. The summed E-state index contributed by atoms with van der Waals surface area (Å²) in [4.78, 5) is 6.40. The van der Waals surface area contributed by atoms with Crippen molar-refractivity contribution < 1.29 is 4.42 Å². The summed E-state index contributed by atoms with van der Waals surface area (Å²) in [5, 5.41) is 2.31. The maximum absolute atomic E-state index is 5.84. The van der Waals surface area contributed by atoms with Gasteiger partial charge in [0.1, 0.15) is 11.4 Å². The van der Waals surface area contributed by atoms with Crippen LogP contribution in [0, 0.1) is 0 Å². The summed E-state index contributed by atoms with van der Waals surface area (Å²) in [6.07, 6.45) is 1.81. The smallest absolute Gasteiger partial charge is 0.153 e. The first-order valence-electron chi connectivity index (χ1n) is 6.56. The van der Waals surface area contributed by atoms with Crippen molar-refractivity contribution in [2.75, 3.05) is 19.0 Å². The minimum absolute atomic E-state index is 0.518. The Balaban J connectivity index is 2.31. The lowest BCUT2D eigenvalue weighted by Crippen LogP contribution is -2.09. The number of nitrogens with zero attached hydrogens (tertiary/aromatic N) is 2. The van der Waals surface area contributed by atoms with E-state index in [2.05, 4.69) is 43.1 Å². The zero-order chi connectivity index (χ0) is 13.6. The molecule has 0 atom stereocenters. The molecule has 3 rings (SSSR count). The lowest BCUT2D eigenvalue weighted by Gasteiger charge is -2.10. The molecule has 0 N–H and O–H groups in total. The van der Waals surface area contributed by atoms with Crippen LogP contribution >= 0.6 is 0 Å². The van der Waals surface area contributed by atoms with Crippen molar-refractivity contribution in [2.45, 2.75) is 19.8 Å². The van der Waals surface area contributed by atoms with Gasteiger partial charge in [-0.1, -0.05) is 19.9 Å². The summed E-state index contributed by atoms with van der Waals surface area (Å²) in [5.74, 6) is 1.47. The second kappa shape index (κ2) is 4.26. The average molecular weight is 254 g/mol. The number of hydrogen-bond acceptors (Lipinski definition) is 3. The van der Waals surface area contributed by atoms with Gasteiger partial charge in [-0.2, -0.15) is 0 Å². The van der Waals surface area contributed by atoms with Gasteiger partial charge in [0.15, 0.2) is 5.58 Å². The van der Waals surface area contributed by atoms with E-state index in [1.165, 1.54) is 10.9 Å². The van der Waals surface area contributed by atoms with E-state index in [0.29, 0.717) is 5.92 Å². The molecule has 3 heteroatoms. The predicted molar refractivity (Wildman–Crippen MR) is 79.9 cm³/mol. The molecule has 2 aromatic heterocycles. The van der Waals surface area contributed by atoms with Gasteiger partial charge in [0.25, 0.3) is 0 Å². The molecule has 0 aliphatic carbocycles. The molecule has 0 radical (unpaired) electrons. The van der Waals surface area contributed by atoms with Gasteiger partial charge in [0, 0.05) is 24.9 Å². The molecule has 0 aliphatic heterocycles. The minimum Gasteiger partial charge on any atom is -0.454 e. The molecule has 2 heterocycles. The molecular weight excluding hydrogens is 236 g/mol. The van der Waals surface area contributed by atoms with Crippen LogP contribution in [0.4, 0.5) is 5.82 Å². The van der Waals surface area contributed by atoms with Gasteiger partial charge in [0.05, 0.1) is 6.20 Å². The highest BCUT2D eigenvalue weighted by atomic mass is 16.3. The predicted octanol–water partition coefficient (Wildman–Crippen LogP) is 4.17. The summed E-state index contributed by atoms with van der Waals surface area (Å²) in [5.41, 5.74) is 3.11. The van der Waals surface area contributed by atoms with Crippen molar-refractivity contribution in [1.29, 1.82) is 0 Å². The highest BCUT2D eigenvalue weighted by Crippen LogP contribution is 2.32. The lowest BCUT2D eigenvalue weighted by molar-refractivity contribution is 0.666. The number of anilines is 1. The Bertz CT molecular complexity index is 679. The van der Waals surface area contributed by atoms with Gasteiger partial charge >= 0.3 is 0 Å². The number of rotatable bonds is 2. The molecule has 3 nitrogen and oxygen atoms in total. The van der Waals surface area contributed by atoms with Crippen LogP contribution in [0.5, 0.6) is 0 Å². The summed E-state index contributed by atoms with van der Waals surface area (Å²) in [6, 6.07) is 8.51. The van der Waals surface area contributed by atoms with Crippen molar-refractivity contribution in [3.63, 3.8) is 0 Å². The van der Waals surface area contributed by atoms with Gasteiger partial charge in [-0.25, -0.2) is 4.98 Å². The molecule has 0 saturated heterocycles. The number of hydrogen-bond donors (Lipinski definition) is 0. The van der Waals surface area contributed by atoms with Crippen LogP contribution in [-0.2, 0) is 0 Å². The number of furan rings is 1. The summed E-state index contributed by atoms with van der Waals surface area (Å²) in [6.45, 7) is 4.41. The normalized spacial score (nSPS) is 11.6. The first-order valence-corrected chi connectivity index (χ1v) is 6.56. The Hall–Kier alpha value is -2.03. The second-order valence-corrected chi connectivity index (χ2v) is 5.45. The molecule has 0 aliphatic rings. The molecule has 0 fully saturated rings. The molecular formula is C16H18N2O. The van der Waals surface area contributed by atoms with Gasteiger partial charge in [-0.05, 0) is 29.7 Å². The van der Waals surface area contributed by atoms with E-state index in [4.69, 9.17) is 4.42 Å². The van der Waals surface area contributed by atoms with E-state index in [1.54, 1.807) is 6.20 Å². The zero-order valence-corrected chi connectivity index (χ0v) is 11.8. The zero-order valence-electron chi connectivity index (χ0n) is 11.8. The van der Waals surface area contributed by atoms with Gasteiger partial charge < -0.3 is 9.32 Å². The van der Waals surface area contributed by atoms with Gasteiger partial charge in [-0.15, -0.1) is 0 Å². The Morgan fingerprint density at radius 3 is 2.47 bits per heavy atom. The summed E-state index contributed by atoms with van der Waals surface area (Å²) < 4.78 is 5.84. The van der Waals surface area contributed by atoms with Crippen molar-refractivity contribution in [2.24, 2.45) is 0 Å². The molecule has 98 valence electrons. The number of fused-ring (bicyclic) bond motifs is 3. The maximum atomic E-state index is 5.84. The molecule has 1 aromatic carbocycles. The summed E-state index contributed by atoms with van der Waals surface area (Å²) >= 11 is 0. The Labute approximate surface area is 112 Å². The number of benzene rings is 1. The van der Waals surface area contributed by atoms with Crippen LogP contribution in [-0.4, -0.2) is 19.1 Å². The second-order valence-electron chi connectivity index (χ2n) is 5.45. The highest BCUT2D eigenvalue weighted by molar-refractivity contribution is 6.05. The van der Waals surface area contributed by atoms with Crippen LogP contribution in [0.2, 0.25) is 0 Å². The third kappa shape index (κ3) is 1.95. The van der Waals surface area contributed by atoms with Crippen molar-refractivity contribution >= 4 is 27.8 Å². The first kappa shape index (κ1) is 12.0. The maximum Gasteiger partial charge on any atom is 0.153 e. The molecule has 0 saturated carbocycles. The van der Waals surface area contributed by atoms with E-state index in [-0.39, 0.29) is 0 Å². The van der Waals surface area contributed by atoms with Crippen molar-refractivity contribution in [1.82, 2.24) is 4.98 Å². The minimum atomic E-state index is 0.518. The monoisotopic (exact) mass is 254 g/mol. The molecule has 0 amide bonds. The third-order valence-electron chi connectivity index (χ3n) is 3.49. The Morgan fingerprint density at radius 1 is 1.05 bits per heavy atom. The average Bonchev–Trinajstić information content (AvgIpc) is 2.75. The Kier molecular flexibility index (Phi) is 2.70. The van der Waals surface area contributed by atoms with E-state index >= 15 is 0 Å². The molecule has 0 unspecified atom stereocenters. The van der Waals surface area contributed by atoms with Crippen LogP contribution in [0.1, 0.15) is 25.3 Å². The van der Waals surface area contributed by atoms with E-state index in [1.807, 2.05) is 19.0 Å². The summed E-state index contributed by atoms with van der Waals surface area (Å²) in [7, 11) is 3.99. The van der Waals surface area contributed by atoms with E-state index in [0.717, 1.165) is 22.4 Å². The van der Waals surface area contributed by atoms with E-state index < -0.39 is 0 Å². The van der Waals surface area contributed by atoms with Crippen LogP contribution in [0.3, 0.4) is 0 Å². The fourth-order valence-electron chi connectivity index (χ4n) is 2.29. The first-order chi connectivity index (χ1) is 9.06. The standard InChI is InChI=1S/C16H18N2O/c1-10(2)11-5-6-14-12(7-11)13-8-16(18(3)4)17-9-15(13)19-14/h5-10H,1-4H3. The lowest BCUT2D eigenvalue weighted by atomic mass is 10.0. The molecule has 3 aromatic rings. The topological polar surface area (TPSA) is 29.3 Å². The molecule has 19 heavy (non-hydrogen) atoms. The van der Waals surface area contributed by atoms with Crippen LogP contribution in [0.25, 0.3) is 21.9 Å². The third-order valence-corrected chi connectivity index (χ3v) is 3.49. The van der Waals surface area contributed by atoms with Crippen LogP contribution in [0.15, 0.2) is 34.9 Å². The quantitative estimate of drug-likeness (QED) is 0.687. The fraction of sp³-hybridized carbons (Fsp3) is 0.312. The molecule has 0 spiro atoms. The molecule has 0 bridgehead atoms. The number of pyridine rings is 1. The Morgan fingerprint density at radius 2 is 1.79 bits per heavy atom. The van der Waals surface area contributed by atoms with Crippen LogP contribution < -0.4 is 4.90 Å².